The zero-order valence-electron chi connectivity index (χ0n) is 18.2. The molecule has 0 bridgehead atoms. The highest BCUT2D eigenvalue weighted by Crippen LogP contribution is 2.35. The molecule has 1 unspecified atom stereocenters. The molecular weight excluding hydrogens is 465 g/mol. The van der Waals surface area contributed by atoms with Gasteiger partial charge in [0.1, 0.15) is 11.9 Å². The number of amides is 2. The van der Waals surface area contributed by atoms with Gasteiger partial charge in [-0.15, -0.1) is 11.3 Å². The number of hydrogen-bond acceptors (Lipinski definition) is 5. The molecule has 2 aromatic heterocycles. The predicted octanol–water partition coefficient (Wildman–Crippen LogP) is 5.16. The number of H-pyrrole nitrogens is 1. The second kappa shape index (κ2) is 8.44. The van der Waals surface area contributed by atoms with E-state index in [0.29, 0.717) is 16.3 Å². The average molecular weight is 484 g/mol. The number of anilines is 1. The van der Waals surface area contributed by atoms with Gasteiger partial charge in [-0.25, -0.2) is 9.37 Å². The number of nitrogens with zero attached hydrogens (tertiary/aromatic N) is 3. The van der Waals surface area contributed by atoms with Gasteiger partial charge in [-0.3, -0.25) is 20.0 Å². The van der Waals surface area contributed by atoms with E-state index in [-0.39, 0.29) is 12.5 Å². The SMILES string of the molecule is O=C(Nc1nccs1)C(c1cccc(F)c1)N1Cc2ccc(-c3ccc4[nH]ncc4c3)cc2C1=O. The summed E-state index contributed by atoms with van der Waals surface area (Å²) in [4.78, 5) is 32.5. The Bertz CT molecular complexity index is 1580. The maximum atomic E-state index is 14.1. The van der Waals surface area contributed by atoms with E-state index in [1.165, 1.54) is 34.4 Å². The van der Waals surface area contributed by atoms with Gasteiger partial charge in [-0.05, 0) is 52.6 Å². The minimum atomic E-state index is -1.01. The maximum Gasteiger partial charge on any atom is 0.255 e. The number of carbonyl (C=O) groups excluding carboxylic acids is 2. The van der Waals surface area contributed by atoms with Gasteiger partial charge in [0.2, 0.25) is 0 Å². The molecule has 2 N–H and O–H groups in total. The lowest BCUT2D eigenvalue weighted by Gasteiger charge is -2.27. The Kier molecular flexibility index (Phi) is 5.11. The molecule has 0 spiro atoms. The van der Waals surface area contributed by atoms with Crippen molar-refractivity contribution in [1.29, 1.82) is 0 Å². The topological polar surface area (TPSA) is 91.0 Å². The first-order chi connectivity index (χ1) is 17.1. The third-order valence-corrected chi connectivity index (χ3v) is 6.79. The molecule has 0 saturated heterocycles. The normalized spacial score (nSPS) is 13.7. The zero-order chi connectivity index (χ0) is 23.9. The number of nitrogens with one attached hydrogen (secondary N) is 2. The molecule has 0 radical (unpaired) electrons. The number of rotatable bonds is 5. The molecule has 35 heavy (non-hydrogen) atoms. The average Bonchev–Trinajstić information content (AvgIpc) is 3.60. The predicted molar refractivity (Wildman–Crippen MR) is 131 cm³/mol. The first kappa shape index (κ1) is 21.2. The van der Waals surface area contributed by atoms with Gasteiger partial charge in [0.25, 0.3) is 11.8 Å². The van der Waals surface area contributed by atoms with Crippen LogP contribution in [0.5, 0.6) is 0 Å². The Morgan fingerprint density at radius 3 is 2.80 bits per heavy atom. The van der Waals surface area contributed by atoms with Crippen molar-refractivity contribution in [3.63, 3.8) is 0 Å². The van der Waals surface area contributed by atoms with Crippen LogP contribution in [0.15, 0.2) is 78.4 Å². The van der Waals surface area contributed by atoms with Crippen molar-refractivity contribution < 1.29 is 14.0 Å². The van der Waals surface area contributed by atoms with E-state index >= 15 is 0 Å². The quantitative estimate of drug-likeness (QED) is 0.361. The Morgan fingerprint density at radius 2 is 1.97 bits per heavy atom. The summed E-state index contributed by atoms with van der Waals surface area (Å²) in [5.74, 6) is -1.21. The second-order valence-electron chi connectivity index (χ2n) is 8.26. The number of thiazole rings is 1. The number of carbonyl (C=O) groups is 2. The van der Waals surface area contributed by atoms with Crippen LogP contribution in [-0.4, -0.2) is 31.9 Å². The van der Waals surface area contributed by atoms with Crippen LogP contribution < -0.4 is 5.32 Å². The van der Waals surface area contributed by atoms with E-state index in [1.54, 1.807) is 23.8 Å². The van der Waals surface area contributed by atoms with Crippen molar-refractivity contribution in [2.75, 3.05) is 5.32 Å². The maximum absolute atomic E-state index is 14.1. The van der Waals surface area contributed by atoms with Crippen molar-refractivity contribution in [1.82, 2.24) is 20.1 Å². The standard InChI is InChI=1S/C26H18FN5O2S/c27-20-3-1-2-17(11-20)23(24(33)30-26-28-8-9-35-26)32-14-18-5-4-16(12-21(18)25(32)34)15-6-7-22-19(10-15)13-29-31-22/h1-13,23H,14H2,(H,29,31)(H,28,30,33). The van der Waals surface area contributed by atoms with E-state index in [2.05, 4.69) is 20.5 Å². The molecule has 2 amide bonds. The molecule has 1 aliphatic heterocycles. The lowest BCUT2D eigenvalue weighted by atomic mass is 9.99. The van der Waals surface area contributed by atoms with Crippen molar-refractivity contribution >= 4 is 39.2 Å². The molecular formula is C26H18FN5O2S. The third kappa shape index (κ3) is 3.85. The van der Waals surface area contributed by atoms with Gasteiger partial charge >= 0.3 is 0 Å². The lowest BCUT2D eigenvalue weighted by Crippen LogP contribution is -2.37. The largest absolute Gasteiger partial charge is 0.318 e. The fourth-order valence-electron chi connectivity index (χ4n) is 4.44. The van der Waals surface area contributed by atoms with Crippen LogP contribution in [0.1, 0.15) is 27.5 Å². The van der Waals surface area contributed by atoms with E-state index in [9.17, 15) is 14.0 Å². The second-order valence-corrected chi connectivity index (χ2v) is 9.16. The minimum absolute atomic E-state index is 0.238. The Balaban J connectivity index is 1.36. The summed E-state index contributed by atoms with van der Waals surface area (Å²) in [6.07, 6.45) is 3.33. The number of aromatic nitrogens is 3. The van der Waals surface area contributed by atoms with Crippen LogP contribution in [0.25, 0.3) is 22.0 Å². The number of hydrogen-bond donors (Lipinski definition) is 2. The summed E-state index contributed by atoms with van der Waals surface area (Å²) < 4.78 is 14.1. The Labute approximate surface area is 203 Å². The fourth-order valence-corrected chi connectivity index (χ4v) is 4.97. The van der Waals surface area contributed by atoms with E-state index in [0.717, 1.165) is 27.6 Å². The molecule has 0 aliphatic carbocycles. The summed E-state index contributed by atoms with van der Waals surface area (Å²) in [5.41, 5.74) is 4.50. The Morgan fingerprint density at radius 1 is 1.11 bits per heavy atom. The number of aromatic amines is 1. The Hall–Kier alpha value is -4.37. The van der Waals surface area contributed by atoms with Crippen LogP contribution in [0.4, 0.5) is 9.52 Å². The highest BCUT2D eigenvalue weighted by atomic mass is 32.1. The molecule has 5 aromatic rings. The first-order valence-corrected chi connectivity index (χ1v) is 11.8. The summed E-state index contributed by atoms with van der Waals surface area (Å²) >= 11 is 1.27. The van der Waals surface area contributed by atoms with E-state index < -0.39 is 17.8 Å². The van der Waals surface area contributed by atoms with Gasteiger partial charge in [-0.1, -0.05) is 30.3 Å². The van der Waals surface area contributed by atoms with Gasteiger partial charge in [-0.2, -0.15) is 5.10 Å². The molecule has 1 aliphatic rings. The molecule has 7 nitrogen and oxygen atoms in total. The molecule has 6 rings (SSSR count). The number of fused-ring (bicyclic) bond motifs is 2. The van der Waals surface area contributed by atoms with Gasteiger partial charge in [0, 0.05) is 29.1 Å². The van der Waals surface area contributed by atoms with Crippen molar-refractivity contribution in [3.05, 3.63) is 101 Å². The number of benzene rings is 3. The van der Waals surface area contributed by atoms with Gasteiger partial charge < -0.3 is 4.90 Å². The zero-order valence-corrected chi connectivity index (χ0v) is 19.1. The highest BCUT2D eigenvalue weighted by molar-refractivity contribution is 7.13. The lowest BCUT2D eigenvalue weighted by molar-refractivity contribution is -0.120. The van der Waals surface area contributed by atoms with E-state index in [4.69, 9.17) is 0 Å². The van der Waals surface area contributed by atoms with Crippen LogP contribution >= 0.6 is 11.3 Å². The fraction of sp³-hybridized carbons (Fsp3) is 0.0769. The smallest absolute Gasteiger partial charge is 0.255 e. The molecule has 9 heteroatoms. The summed E-state index contributed by atoms with van der Waals surface area (Å²) in [6, 6.07) is 16.4. The van der Waals surface area contributed by atoms with Gasteiger partial charge in [0.05, 0.1) is 11.7 Å². The first-order valence-electron chi connectivity index (χ1n) is 10.9. The van der Waals surface area contributed by atoms with E-state index in [1.807, 2.05) is 36.4 Å². The molecule has 0 fully saturated rings. The summed E-state index contributed by atoms with van der Waals surface area (Å²) in [5, 5.41) is 12.9. The highest BCUT2D eigenvalue weighted by Gasteiger charge is 2.38. The van der Waals surface area contributed by atoms with Gasteiger partial charge in [0.15, 0.2) is 5.13 Å². The molecule has 3 heterocycles. The molecule has 1 atom stereocenters. The summed E-state index contributed by atoms with van der Waals surface area (Å²) in [7, 11) is 0. The number of halogens is 1. The van der Waals surface area contributed by atoms with Crippen LogP contribution in [-0.2, 0) is 11.3 Å². The summed E-state index contributed by atoms with van der Waals surface area (Å²) in [6.45, 7) is 0.238. The van der Waals surface area contributed by atoms with Crippen molar-refractivity contribution in [2.45, 2.75) is 12.6 Å². The van der Waals surface area contributed by atoms with Crippen LogP contribution in [0.2, 0.25) is 0 Å². The monoisotopic (exact) mass is 483 g/mol. The van der Waals surface area contributed by atoms with Crippen LogP contribution in [0, 0.1) is 5.82 Å². The van der Waals surface area contributed by atoms with Crippen molar-refractivity contribution in [3.8, 4) is 11.1 Å². The third-order valence-electron chi connectivity index (χ3n) is 6.10. The molecule has 0 saturated carbocycles. The van der Waals surface area contributed by atoms with Crippen molar-refractivity contribution in [2.24, 2.45) is 0 Å². The minimum Gasteiger partial charge on any atom is -0.318 e. The molecule has 172 valence electrons. The molecule has 3 aromatic carbocycles. The van der Waals surface area contributed by atoms with Crippen LogP contribution in [0.3, 0.4) is 0 Å².